The topological polar surface area (TPSA) is 74.1 Å². The molecule has 3 aromatic rings. The third kappa shape index (κ3) is 2.93. The van der Waals surface area contributed by atoms with E-state index in [1.807, 2.05) is 18.2 Å². The first-order valence-electron chi connectivity index (χ1n) is 8.61. The SMILES string of the molecule is COc1ccc(C#N)cc1-c1nc(N2CCNCC2)c2ccccc2n1. The van der Waals surface area contributed by atoms with Gasteiger partial charge in [0, 0.05) is 31.6 Å². The number of aromatic nitrogens is 2. The summed E-state index contributed by atoms with van der Waals surface area (Å²) < 4.78 is 5.48. The highest BCUT2D eigenvalue weighted by Gasteiger charge is 2.19. The van der Waals surface area contributed by atoms with Gasteiger partial charge < -0.3 is 15.0 Å². The molecule has 1 saturated heterocycles. The van der Waals surface area contributed by atoms with Crippen molar-refractivity contribution >= 4 is 16.7 Å². The summed E-state index contributed by atoms with van der Waals surface area (Å²) in [6.07, 6.45) is 0. The zero-order valence-electron chi connectivity index (χ0n) is 14.6. The average Bonchev–Trinajstić information content (AvgIpc) is 2.73. The molecule has 0 amide bonds. The molecule has 130 valence electrons. The van der Waals surface area contributed by atoms with Gasteiger partial charge in [-0.25, -0.2) is 9.97 Å². The van der Waals surface area contributed by atoms with Gasteiger partial charge in [-0.05, 0) is 30.3 Å². The van der Waals surface area contributed by atoms with Crippen LogP contribution in [-0.4, -0.2) is 43.3 Å². The van der Waals surface area contributed by atoms with Crippen LogP contribution in [0.25, 0.3) is 22.3 Å². The van der Waals surface area contributed by atoms with Crippen molar-refractivity contribution in [2.45, 2.75) is 0 Å². The van der Waals surface area contributed by atoms with E-state index in [1.54, 1.807) is 25.3 Å². The molecule has 2 aromatic carbocycles. The largest absolute Gasteiger partial charge is 0.496 e. The molecule has 1 N–H and O–H groups in total. The first-order chi connectivity index (χ1) is 12.8. The third-order valence-corrected chi connectivity index (χ3v) is 4.57. The summed E-state index contributed by atoms with van der Waals surface area (Å²) in [5, 5.41) is 13.7. The minimum atomic E-state index is 0.557. The summed E-state index contributed by atoms with van der Waals surface area (Å²) in [5.41, 5.74) is 2.17. The minimum Gasteiger partial charge on any atom is -0.496 e. The number of para-hydroxylation sites is 1. The van der Waals surface area contributed by atoms with E-state index in [0.717, 1.165) is 48.5 Å². The quantitative estimate of drug-likeness (QED) is 0.786. The number of ether oxygens (including phenoxy) is 1. The maximum Gasteiger partial charge on any atom is 0.165 e. The fourth-order valence-electron chi connectivity index (χ4n) is 3.25. The van der Waals surface area contributed by atoms with Gasteiger partial charge in [0.15, 0.2) is 5.82 Å². The summed E-state index contributed by atoms with van der Waals surface area (Å²) in [5.74, 6) is 2.16. The molecule has 1 fully saturated rings. The maximum atomic E-state index is 9.26. The van der Waals surface area contributed by atoms with E-state index < -0.39 is 0 Å². The van der Waals surface area contributed by atoms with Crippen molar-refractivity contribution in [3.05, 3.63) is 48.0 Å². The van der Waals surface area contributed by atoms with Gasteiger partial charge in [0.05, 0.1) is 29.8 Å². The van der Waals surface area contributed by atoms with Gasteiger partial charge in [-0.3, -0.25) is 0 Å². The molecule has 0 radical (unpaired) electrons. The molecule has 1 aliphatic heterocycles. The summed E-state index contributed by atoms with van der Waals surface area (Å²) in [4.78, 5) is 11.9. The van der Waals surface area contributed by atoms with Crippen molar-refractivity contribution in [1.29, 1.82) is 5.26 Å². The number of piperazine rings is 1. The van der Waals surface area contributed by atoms with Crippen LogP contribution >= 0.6 is 0 Å². The molecular formula is C20H19N5O. The molecule has 26 heavy (non-hydrogen) atoms. The van der Waals surface area contributed by atoms with Crippen LogP contribution in [0, 0.1) is 11.3 Å². The molecule has 1 aromatic heterocycles. The standard InChI is InChI=1S/C20H19N5O/c1-26-18-7-6-14(13-21)12-16(18)19-23-17-5-3-2-4-15(17)20(24-19)25-10-8-22-9-11-25/h2-7,12,22H,8-11H2,1H3. The first-order valence-corrected chi connectivity index (χ1v) is 8.61. The number of anilines is 1. The van der Waals surface area contributed by atoms with Crippen LogP contribution < -0.4 is 15.0 Å². The van der Waals surface area contributed by atoms with E-state index >= 15 is 0 Å². The fourth-order valence-corrected chi connectivity index (χ4v) is 3.25. The van der Waals surface area contributed by atoms with Crippen molar-refractivity contribution < 1.29 is 4.74 Å². The Hall–Kier alpha value is -3.17. The highest BCUT2D eigenvalue weighted by Crippen LogP contribution is 2.32. The highest BCUT2D eigenvalue weighted by atomic mass is 16.5. The normalized spacial score (nSPS) is 14.2. The Morgan fingerprint density at radius 2 is 1.92 bits per heavy atom. The lowest BCUT2D eigenvalue weighted by Crippen LogP contribution is -2.44. The molecule has 6 heteroatoms. The van der Waals surface area contributed by atoms with Gasteiger partial charge >= 0.3 is 0 Å². The van der Waals surface area contributed by atoms with Crippen LogP contribution in [-0.2, 0) is 0 Å². The predicted molar refractivity (Wildman–Crippen MR) is 101 cm³/mol. The first kappa shape index (κ1) is 16.3. The fraction of sp³-hybridized carbons (Fsp3) is 0.250. The number of fused-ring (bicyclic) bond motifs is 1. The molecule has 0 atom stereocenters. The molecule has 6 nitrogen and oxygen atoms in total. The summed E-state index contributed by atoms with van der Waals surface area (Å²) >= 11 is 0. The Morgan fingerprint density at radius 3 is 2.69 bits per heavy atom. The Labute approximate surface area is 152 Å². The highest BCUT2D eigenvalue weighted by molar-refractivity contribution is 5.91. The van der Waals surface area contributed by atoms with Gasteiger partial charge in [-0.1, -0.05) is 12.1 Å². The van der Waals surface area contributed by atoms with Crippen LogP contribution in [0.2, 0.25) is 0 Å². The Morgan fingerprint density at radius 1 is 1.12 bits per heavy atom. The second kappa shape index (κ2) is 6.98. The Kier molecular flexibility index (Phi) is 4.38. The molecule has 1 aliphatic rings. The van der Waals surface area contributed by atoms with E-state index in [-0.39, 0.29) is 0 Å². The lowest BCUT2D eigenvalue weighted by molar-refractivity contribution is 0.416. The molecular weight excluding hydrogens is 326 g/mol. The van der Waals surface area contributed by atoms with Crippen LogP contribution in [0.15, 0.2) is 42.5 Å². The number of methoxy groups -OCH3 is 1. The second-order valence-corrected chi connectivity index (χ2v) is 6.15. The number of hydrogen-bond donors (Lipinski definition) is 1. The summed E-state index contributed by atoms with van der Waals surface area (Å²) in [7, 11) is 1.61. The monoisotopic (exact) mass is 345 g/mol. The van der Waals surface area contributed by atoms with Gasteiger partial charge in [0.25, 0.3) is 0 Å². The zero-order chi connectivity index (χ0) is 17.9. The minimum absolute atomic E-state index is 0.557. The van der Waals surface area contributed by atoms with Crippen molar-refractivity contribution in [3.8, 4) is 23.2 Å². The van der Waals surface area contributed by atoms with E-state index in [4.69, 9.17) is 14.7 Å². The number of benzene rings is 2. The van der Waals surface area contributed by atoms with Crippen molar-refractivity contribution in [2.24, 2.45) is 0 Å². The number of nitriles is 1. The molecule has 0 bridgehead atoms. The molecule has 0 spiro atoms. The molecule has 0 saturated carbocycles. The molecule has 0 unspecified atom stereocenters. The lowest BCUT2D eigenvalue weighted by Gasteiger charge is -2.29. The van der Waals surface area contributed by atoms with E-state index in [0.29, 0.717) is 17.1 Å². The van der Waals surface area contributed by atoms with Crippen molar-refractivity contribution in [2.75, 3.05) is 38.2 Å². The molecule has 2 heterocycles. The zero-order valence-corrected chi connectivity index (χ0v) is 14.6. The maximum absolute atomic E-state index is 9.26. The van der Waals surface area contributed by atoms with Crippen LogP contribution in [0.4, 0.5) is 5.82 Å². The Bertz CT molecular complexity index is 989. The number of rotatable bonds is 3. The lowest BCUT2D eigenvalue weighted by atomic mass is 10.1. The van der Waals surface area contributed by atoms with Gasteiger partial charge in [-0.2, -0.15) is 5.26 Å². The van der Waals surface area contributed by atoms with Crippen molar-refractivity contribution in [1.82, 2.24) is 15.3 Å². The van der Waals surface area contributed by atoms with E-state index in [1.165, 1.54) is 0 Å². The Balaban J connectivity index is 1.93. The number of hydrogen-bond acceptors (Lipinski definition) is 6. The third-order valence-electron chi connectivity index (χ3n) is 4.57. The predicted octanol–water partition coefficient (Wildman–Crippen LogP) is 2.59. The molecule has 4 rings (SSSR count). The smallest absolute Gasteiger partial charge is 0.165 e. The van der Waals surface area contributed by atoms with E-state index in [9.17, 15) is 5.26 Å². The van der Waals surface area contributed by atoms with E-state index in [2.05, 4.69) is 22.4 Å². The van der Waals surface area contributed by atoms with Gasteiger partial charge in [0.1, 0.15) is 11.6 Å². The van der Waals surface area contributed by atoms with Crippen LogP contribution in [0.3, 0.4) is 0 Å². The van der Waals surface area contributed by atoms with Gasteiger partial charge in [-0.15, -0.1) is 0 Å². The van der Waals surface area contributed by atoms with Gasteiger partial charge in [0.2, 0.25) is 0 Å². The summed E-state index contributed by atoms with van der Waals surface area (Å²) in [6.45, 7) is 3.66. The number of nitrogens with zero attached hydrogens (tertiary/aromatic N) is 4. The van der Waals surface area contributed by atoms with Crippen molar-refractivity contribution in [3.63, 3.8) is 0 Å². The van der Waals surface area contributed by atoms with Crippen LogP contribution in [0.1, 0.15) is 5.56 Å². The average molecular weight is 345 g/mol. The molecule has 0 aliphatic carbocycles. The number of nitrogens with one attached hydrogen (secondary N) is 1. The second-order valence-electron chi connectivity index (χ2n) is 6.15. The van der Waals surface area contributed by atoms with Crippen LogP contribution in [0.5, 0.6) is 5.75 Å². The summed E-state index contributed by atoms with van der Waals surface area (Å²) in [6, 6.07) is 15.5.